The molecule has 4 rings (SSSR count). The summed E-state index contributed by atoms with van der Waals surface area (Å²) >= 11 is 0. The number of hydrogen-bond donors (Lipinski definition) is 0. The van der Waals surface area contributed by atoms with E-state index < -0.39 is 0 Å². The van der Waals surface area contributed by atoms with Gasteiger partial charge in [0.2, 0.25) is 0 Å². The first-order valence-electron chi connectivity index (χ1n) is 9.72. The number of aromatic nitrogens is 2. The molecule has 0 aliphatic carbocycles. The van der Waals surface area contributed by atoms with Crippen molar-refractivity contribution in [2.45, 2.75) is 19.4 Å². The van der Waals surface area contributed by atoms with E-state index in [2.05, 4.69) is 6.92 Å². The predicted octanol–water partition coefficient (Wildman–Crippen LogP) is 3.65. The van der Waals surface area contributed by atoms with Gasteiger partial charge >= 0.3 is 5.69 Å². The Balaban J connectivity index is 0.00000272. The summed E-state index contributed by atoms with van der Waals surface area (Å²) in [4.78, 5) is 17.8. The van der Waals surface area contributed by atoms with E-state index in [0.29, 0.717) is 23.5 Å². The zero-order chi connectivity index (χ0) is 21.4. The molecule has 0 saturated heterocycles. The third-order valence-corrected chi connectivity index (χ3v) is 5.55. The van der Waals surface area contributed by atoms with E-state index in [1.165, 1.54) is 0 Å². The number of rotatable bonds is 4. The molecule has 3 aromatic rings. The lowest BCUT2D eigenvalue weighted by atomic mass is 9.89. The Morgan fingerprint density at radius 3 is 2.23 bits per heavy atom. The van der Waals surface area contributed by atoms with Gasteiger partial charge in [0, 0.05) is 31.1 Å². The summed E-state index contributed by atoms with van der Waals surface area (Å²) in [6.45, 7) is 2.70. The first kappa shape index (κ1) is 22.5. The maximum Gasteiger partial charge on any atom is 0.329 e. The molecule has 7 nitrogen and oxygen atoms in total. The highest BCUT2D eigenvalue weighted by atomic mass is 35.5. The van der Waals surface area contributed by atoms with E-state index in [0.717, 1.165) is 28.3 Å². The molecule has 0 fully saturated rings. The van der Waals surface area contributed by atoms with Crippen LogP contribution in [0.15, 0.2) is 52.3 Å². The molecular formula is C23H26ClN3O4. The Labute approximate surface area is 187 Å². The molecule has 8 heteroatoms. The molecule has 0 amide bonds. The summed E-state index contributed by atoms with van der Waals surface area (Å²) in [6.07, 6.45) is 0. The molecule has 1 atom stereocenters. The molecule has 0 saturated carbocycles. The van der Waals surface area contributed by atoms with Crippen LogP contribution in [0.1, 0.15) is 18.4 Å². The second kappa shape index (κ2) is 8.89. The van der Waals surface area contributed by atoms with Crippen LogP contribution in [-0.4, -0.2) is 30.5 Å². The molecule has 0 bridgehead atoms. The summed E-state index contributed by atoms with van der Waals surface area (Å²) in [7, 11) is 6.60. The van der Waals surface area contributed by atoms with Gasteiger partial charge in [0.05, 0.1) is 32.7 Å². The summed E-state index contributed by atoms with van der Waals surface area (Å²) in [6, 6.07) is 13.3. The van der Waals surface area contributed by atoms with Crippen LogP contribution in [0.3, 0.4) is 0 Å². The van der Waals surface area contributed by atoms with Gasteiger partial charge in [-0.2, -0.15) is 0 Å². The van der Waals surface area contributed by atoms with Crippen LogP contribution in [0.5, 0.6) is 17.2 Å². The quantitative estimate of drug-likeness (QED) is 0.617. The summed E-state index contributed by atoms with van der Waals surface area (Å²) in [5.41, 5.74) is 4.11. The van der Waals surface area contributed by atoms with Gasteiger partial charge in [-0.05, 0) is 42.0 Å². The molecule has 31 heavy (non-hydrogen) atoms. The van der Waals surface area contributed by atoms with Crippen LogP contribution < -0.4 is 25.4 Å². The molecule has 1 aliphatic rings. The van der Waals surface area contributed by atoms with Crippen molar-refractivity contribution >= 4 is 18.1 Å². The predicted molar refractivity (Wildman–Crippen MR) is 122 cm³/mol. The zero-order valence-corrected chi connectivity index (χ0v) is 19.0. The number of methoxy groups -OCH3 is 3. The molecule has 1 aromatic heterocycles. The van der Waals surface area contributed by atoms with Crippen molar-refractivity contribution in [2.75, 3.05) is 21.3 Å². The highest BCUT2D eigenvalue weighted by molar-refractivity contribution is 5.85. The van der Waals surface area contributed by atoms with Crippen LogP contribution in [0.25, 0.3) is 11.3 Å². The molecule has 2 heterocycles. The third-order valence-electron chi connectivity index (χ3n) is 5.55. The molecular weight excluding hydrogens is 418 g/mol. The minimum absolute atomic E-state index is 0. The van der Waals surface area contributed by atoms with Gasteiger partial charge in [0.15, 0.2) is 11.5 Å². The summed E-state index contributed by atoms with van der Waals surface area (Å²) < 4.78 is 19.6. The largest absolute Gasteiger partial charge is 0.497 e. The summed E-state index contributed by atoms with van der Waals surface area (Å²) in [5, 5.41) is 0. The number of nitrogens with zero attached hydrogens (tertiary/aromatic N) is 3. The lowest BCUT2D eigenvalue weighted by molar-refractivity contribution is 0.354. The minimum atomic E-state index is -0.105. The van der Waals surface area contributed by atoms with E-state index in [-0.39, 0.29) is 24.0 Å². The average Bonchev–Trinajstić information content (AvgIpc) is 2.77. The Bertz CT molecular complexity index is 1230. The number of ether oxygens (including phenoxy) is 3. The van der Waals surface area contributed by atoms with E-state index in [9.17, 15) is 4.79 Å². The normalized spacial score (nSPS) is 14.9. The van der Waals surface area contributed by atoms with Gasteiger partial charge in [0.25, 0.3) is 0 Å². The van der Waals surface area contributed by atoms with E-state index in [1.54, 1.807) is 37.5 Å². The smallest absolute Gasteiger partial charge is 0.329 e. The standard InChI is InChI=1S/C23H25N3O4.ClH/c1-14-13-26-19(18-11-21(30-5)20(29-4)10-17(14)18)12-22(25(2)23(26)27)24-15-6-8-16(28-3)9-7-15;/h6-12,14H,13H2,1-5H3;1H. The second-order valence-electron chi connectivity index (χ2n) is 7.35. The van der Waals surface area contributed by atoms with Crippen molar-refractivity contribution in [3.05, 3.63) is 64.0 Å². The van der Waals surface area contributed by atoms with E-state index >= 15 is 0 Å². The minimum Gasteiger partial charge on any atom is -0.497 e. The molecule has 164 valence electrons. The summed E-state index contributed by atoms with van der Waals surface area (Å²) in [5.74, 6) is 2.23. The van der Waals surface area contributed by atoms with Crippen molar-refractivity contribution in [3.8, 4) is 28.5 Å². The molecule has 1 aliphatic heterocycles. The lowest BCUT2D eigenvalue weighted by Gasteiger charge is -2.28. The molecule has 0 spiro atoms. The Morgan fingerprint density at radius 1 is 0.968 bits per heavy atom. The van der Waals surface area contributed by atoms with Crippen LogP contribution in [-0.2, 0) is 13.6 Å². The SMILES string of the molecule is COc1ccc(N=c2cc3n(c(=O)n2C)CC(C)c2cc(OC)c(OC)cc2-3)cc1.Cl. The van der Waals surface area contributed by atoms with Gasteiger partial charge in [-0.1, -0.05) is 6.92 Å². The van der Waals surface area contributed by atoms with E-state index in [1.807, 2.05) is 42.5 Å². The van der Waals surface area contributed by atoms with Gasteiger partial charge in [-0.3, -0.25) is 9.13 Å². The van der Waals surface area contributed by atoms with Gasteiger partial charge in [-0.25, -0.2) is 9.79 Å². The highest BCUT2D eigenvalue weighted by Gasteiger charge is 2.26. The molecule has 0 radical (unpaired) electrons. The van der Waals surface area contributed by atoms with Crippen LogP contribution >= 0.6 is 12.4 Å². The number of hydrogen-bond acceptors (Lipinski definition) is 5. The fourth-order valence-electron chi connectivity index (χ4n) is 3.87. The Hall–Kier alpha value is -3.19. The van der Waals surface area contributed by atoms with Crippen molar-refractivity contribution in [2.24, 2.45) is 12.0 Å². The number of fused-ring (bicyclic) bond motifs is 3. The fourth-order valence-corrected chi connectivity index (χ4v) is 3.87. The van der Waals surface area contributed by atoms with Crippen molar-refractivity contribution in [3.63, 3.8) is 0 Å². The third kappa shape index (κ3) is 3.93. The van der Waals surface area contributed by atoms with Crippen LogP contribution in [0, 0.1) is 0 Å². The Morgan fingerprint density at radius 2 is 1.61 bits per heavy atom. The average molecular weight is 444 g/mol. The van der Waals surface area contributed by atoms with Crippen molar-refractivity contribution in [1.29, 1.82) is 0 Å². The van der Waals surface area contributed by atoms with Crippen molar-refractivity contribution in [1.82, 2.24) is 9.13 Å². The number of halogens is 1. The highest BCUT2D eigenvalue weighted by Crippen LogP contribution is 2.41. The molecule has 0 N–H and O–H groups in total. The number of benzene rings is 2. The van der Waals surface area contributed by atoms with Gasteiger partial charge < -0.3 is 14.2 Å². The second-order valence-corrected chi connectivity index (χ2v) is 7.35. The first-order chi connectivity index (χ1) is 14.5. The van der Waals surface area contributed by atoms with Gasteiger partial charge in [0.1, 0.15) is 11.2 Å². The zero-order valence-electron chi connectivity index (χ0n) is 18.2. The van der Waals surface area contributed by atoms with E-state index in [4.69, 9.17) is 19.2 Å². The van der Waals surface area contributed by atoms with Crippen molar-refractivity contribution < 1.29 is 14.2 Å². The molecule has 2 aromatic carbocycles. The maximum absolute atomic E-state index is 13.1. The maximum atomic E-state index is 13.1. The van der Waals surface area contributed by atoms with Crippen LogP contribution in [0.2, 0.25) is 0 Å². The molecule has 1 unspecified atom stereocenters. The van der Waals surface area contributed by atoms with Crippen LogP contribution in [0.4, 0.5) is 5.69 Å². The monoisotopic (exact) mass is 443 g/mol. The lowest BCUT2D eigenvalue weighted by Crippen LogP contribution is -2.41. The van der Waals surface area contributed by atoms with Gasteiger partial charge in [-0.15, -0.1) is 12.4 Å². The topological polar surface area (TPSA) is 67.0 Å². The fraction of sp³-hybridized carbons (Fsp3) is 0.304. The first-order valence-corrected chi connectivity index (χ1v) is 9.72. The Kier molecular flexibility index (Phi) is 6.45.